The second-order valence-corrected chi connectivity index (χ2v) is 5.94. The smallest absolute Gasteiger partial charge is 0.229 e. The number of para-hydroxylation sites is 1. The summed E-state index contributed by atoms with van der Waals surface area (Å²) in [6, 6.07) is 22.2. The van der Waals surface area contributed by atoms with Gasteiger partial charge < -0.3 is 20.5 Å². The summed E-state index contributed by atoms with van der Waals surface area (Å²) >= 11 is 0. The maximum Gasteiger partial charge on any atom is 0.229 e. The summed E-state index contributed by atoms with van der Waals surface area (Å²) in [4.78, 5) is 9.23. The van der Waals surface area contributed by atoms with Crippen molar-refractivity contribution >= 4 is 46.5 Å². The number of hydrogen-bond donors (Lipinski definition) is 3. The quantitative estimate of drug-likeness (QED) is 0.401. The van der Waals surface area contributed by atoms with Crippen LogP contribution < -0.4 is 15.4 Å². The van der Waals surface area contributed by atoms with Crippen LogP contribution in [0.4, 0.5) is 23.1 Å². The molecule has 0 saturated carbocycles. The Morgan fingerprint density at radius 2 is 1.54 bits per heavy atom. The van der Waals surface area contributed by atoms with Gasteiger partial charge in [-0.3, -0.25) is 0 Å². The summed E-state index contributed by atoms with van der Waals surface area (Å²) in [5, 5.41) is 16.8. The van der Waals surface area contributed by atoms with Crippen LogP contribution in [-0.4, -0.2) is 22.2 Å². The zero-order chi connectivity index (χ0) is 18.6. The Hall–Kier alpha value is -3.51. The van der Waals surface area contributed by atoms with Crippen LogP contribution >= 0.6 is 12.4 Å². The number of methoxy groups -OCH3 is 1. The predicted octanol–water partition coefficient (Wildman–Crippen LogP) is 5.25. The van der Waals surface area contributed by atoms with Gasteiger partial charge in [-0.25, -0.2) is 4.98 Å². The van der Waals surface area contributed by atoms with Gasteiger partial charge in [0.05, 0.1) is 12.6 Å². The fraction of sp³-hybridized carbons (Fsp3) is 0.0476. The molecule has 4 aromatic rings. The molecule has 0 amide bonds. The first-order valence-corrected chi connectivity index (χ1v) is 8.45. The first kappa shape index (κ1) is 19.3. The van der Waals surface area contributed by atoms with E-state index < -0.39 is 0 Å². The van der Waals surface area contributed by atoms with E-state index in [-0.39, 0.29) is 18.2 Å². The molecule has 142 valence electrons. The lowest BCUT2D eigenvalue weighted by Crippen LogP contribution is -2.02. The number of aromatic hydroxyl groups is 1. The van der Waals surface area contributed by atoms with Gasteiger partial charge in [-0.15, -0.1) is 12.4 Å². The molecule has 0 aliphatic carbocycles. The number of hydrogen-bond acceptors (Lipinski definition) is 6. The molecule has 0 unspecified atom stereocenters. The van der Waals surface area contributed by atoms with Crippen molar-refractivity contribution in [2.75, 3.05) is 17.7 Å². The van der Waals surface area contributed by atoms with Crippen molar-refractivity contribution in [3.63, 3.8) is 0 Å². The number of ether oxygens (including phenoxy) is 1. The fourth-order valence-electron chi connectivity index (χ4n) is 2.72. The molecule has 0 fully saturated rings. The predicted molar refractivity (Wildman–Crippen MR) is 114 cm³/mol. The number of phenolic OH excluding ortho intramolecular Hbond substituents is 1. The van der Waals surface area contributed by atoms with Crippen molar-refractivity contribution < 1.29 is 9.84 Å². The van der Waals surface area contributed by atoms with Crippen molar-refractivity contribution in [1.82, 2.24) is 9.97 Å². The Morgan fingerprint density at radius 1 is 0.821 bits per heavy atom. The van der Waals surface area contributed by atoms with Gasteiger partial charge in [0.2, 0.25) is 5.95 Å². The molecule has 0 atom stereocenters. The molecule has 0 aliphatic rings. The van der Waals surface area contributed by atoms with Gasteiger partial charge in [-0.05, 0) is 54.6 Å². The second-order valence-electron chi connectivity index (χ2n) is 5.94. The van der Waals surface area contributed by atoms with Crippen LogP contribution in [-0.2, 0) is 0 Å². The normalized spacial score (nSPS) is 10.2. The third-order valence-electron chi connectivity index (χ3n) is 4.06. The molecule has 0 bridgehead atoms. The summed E-state index contributed by atoms with van der Waals surface area (Å²) in [6.07, 6.45) is 0. The Kier molecular flexibility index (Phi) is 5.81. The first-order chi connectivity index (χ1) is 13.2. The minimum Gasteiger partial charge on any atom is -0.508 e. The van der Waals surface area contributed by atoms with Crippen molar-refractivity contribution in [2.24, 2.45) is 0 Å². The number of rotatable bonds is 5. The van der Waals surface area contributed by atoms with E-state index in [1.807, 2.05) is 48.5 Å². The zero-order valence-electron chi connectivity index (χ0n) is 15.1. The van der Waals surface area contributed by atoms with Crippen molar-refractivity contribution in [3.05, 3.63) is 72.8 Å². The van der Waals surface area contributed by atoms with Crippen LogP contribution in [0, 0.1) is 0 Å². The van der Waals surface area contributed by atoms with Gasteiger partial charge in [0.25, 0.3) is 0 Å². The number of halogens is 1. The molecule has 1 aromatic heterocycles. The average molecular weight is 395 g/mol. The summed E-state index contributed by atoms with van der Waals surface area (Å²) in [7, 11) is 1.63. The lowest BCUT2D eigenvalue weighted by molar-refractivity contribution is 0.415. The Labute approximate surface area is 168 Å². The summed E-state index contributed by atoms with van der Waals surface area (Å²) in [5.41, 5.74) is 2.49. The van der Waals surface area contributed by atoms with E-state index in [0.717, 1.165) is 28.0 Å². The highest BCUT2D eigenvalue weighted by atomic mass is 35.5. The van der Waals surface area contributed by atoms with Gasteiger partial charge in [0, 0.05) is 16.8 Å². The Morgan fingerprint density at radius 3 is 2.25 bits per heavy atom. The van der Waals surface area contributed by atoms with E-state index in [0.29, 0.717) is 11.8 Å². The van der Waals surface area contributed by atoms with Gasteiger partial charge in [0.1, 0.15) is 17.3 Å². The SMILES string of the molecule is COc1ccc2nc(Nc3ccc(O)cc3)nc(Nc3ccccc3)c2c1.Cl. The number of phenols is 1. The third kappa shape index (κ3) is 4.24. The van der Waals surface area contributed by atoms with E-state index in [2.05, 4.69) is 20.6 Å². The molecule has 28 heavy (non-hydrogen) atoms. The third-order valence-corrected chi connectivity index (χ3v) is 4.06. The molecule has 3 N–H and O–H groups in total. The first-order valence-electron chi connectivity index (χ1n) is 8.45. The molecular formula is C21H19ClN4O2. The lowest BCUT2D eigenvalue weighted by atomic mass is 10.2. The van der Waals surface area contributed by atoms with E-state index in [1.54, 1.807) is 31.4 Å². The molecule has 0 saturated heterocycles. The zero-order valence-corrected chi connectivity index (χ0v) is 15.9. The van der Waals surface area contributed by atoms with Gasteiger partial charge >= 0.3 is 0 Å². The van der Waals surface area contributed by atoms with Crippen LogP contribution in [0.15, 0.2) is 72.8 Å². The van der Waals surface area contributed by atoms with Gasteiger partial charge in [0.15, 0.2) is 0 Å². The number of nitrogens with one attached hydrogen (secondary N) is 2. The van der Waals surface area contributed by atoms with Crippen molar-refractivity contribution in [1.29, 1.82) is 0 Å². The topological polar surface area (TPSA) is 79.3 Å². The summed E-state index contributed by atoms with van der Waals surface area (Å²) in [5.74, 6) is 2.07. The molecule has 7 heteroatoms. The molecule has 4 rings (SSSR count). The average Bonchev–Trinajstić information content (AvgIpc) is 2.70. The minimum atomic E-state index is 0. The van der Waals surface area contributed by atoms with E-state index >= 15 is 0 Å². The number of anilines is 4. The van der Waals surface area contributed by atoms with Crippen LogP contribution in [0.25, 0.3) is 10.9 Å². The number of benzene rings is 3. The number of aromatic nitrogens is 2. The van der Waals surface area contributed by atoms with Crippen molar-refractivity contribution in [3.8, 4) is 11.5 Å². The van der Waals surface area contributed by atoms with Crippen LogP contribution in [0.1, 0.15) is 0 Å². The second kappa shape index (κ2) is 8.45. The molecule has 0 spiro atoms. The van der Waals surface area contributed by atoms with Crippen molar-refractivity contribution in [2.45, 2.75) is 0 Å². The molecule has 1 heterocycles. The molecule has 0 aliphatic heterocycles. The van der Waals surface area contributed by atoms with Gasteiger partial charge in [-0.1, -0.05) is 18.2 Å². The van der Waals surface area contributed by atoms with Gasteiger partial charge in [-0.2, -0.15) is 4.98 Å². The highest BCUT2D eigenvalue weighted by molar-refractivity contribution is 5.93. The largest absolute Gasteiger partial charge is 0.508 e. The highest BCUT2D eigenvalue weighted by Crippen LogP contribution is 2.29. The Balaban J connectivity index is 0.00000225. The van der Waals surface area contributed by atoms with Crippen LogP contribution in [0.3, 0.4) is 0 Å². The van der Waals surface area contributed by atoms with E-state index in [4.69, 9.17) is 4.74 Å². The standard InChI is InChI=1S/C21H18N4O2.ClH/c1-27-17-11-12-19-18(13-17)20(22-14-5-3-2-4-6-14)25-21(24-19)23-15-7-9-16(26)10-8-15;/h2-13,26H,1H3,(H2,22,23,24,25);1H. The monoisotopic (exact) mass is 394 g/mol. The maximum absolute atomic E-state index is 9.44. The number of fused-ring (bicyclic) bond motifs is 1. The summed E-state index contributed by atoms with van der Waals surface area (Å²) in [6.45, 7) is 0. The van der Waals surface area contributed by atoms with Crippen LogP contribution in [0.2, 0.25) is 0 Å². The highest BCUT2D eigenvalue weighted by Gasteiger charge is 2.10. The van der Waals surface area contributed by atoms with E-state index in [9.17, 15) is 5.11 Å². The minimum absolute atomic E-state index is 0. The molecule has 3 aromatic carbocycles. The molecule has 0 radical (unpaired) electrons. The summed E-state index contributed by atoms with van der Waals surface area (Å²) < 4.78 is 5.34. The fourth-order valence-corrected chi connectivity index (χ4v) is 2.72. The lowest BCUT2D eigenvalue weighted by Gasteiger charge is -2.13. The van der Waals surface area contributed by atoms with Crippen LogP contribution in [0.5, 0.6) is 11.5 Å². The Bertz CT molecular complexity index is 1070. The number of nitrogens with zero attached hydrogens (tertiary/aromatic N) is 2. The molecule has 6 nitrogen and oxygen atoms in total. The van der Waals surface area contributed by atoms with E-state index in [1.165, 1.54) is 0 Å². The maximum atomic E-state index is 9.44. The molecular weight excluding hydrogens is 376 g/mol.